The number of nitrogens with one attached hydrogen (secondary N) is 1. The fourth-order valence-corrected chi connectivity index (χ4v) is 3.51. The van der Waals surface area contributed by atoms with Gasteiger partial charge >= 0.3 is 0 Å². The molecule has 0 aromatic heterocycles. The smallest absolute Gasteiger partial charge is 0.264 e. The summed E-state index contributed by atoms with van der Waals surface area (Å²) < 4.78 is 10.9. The van der Waals surface area contributed by atoms with Gasteiger partial charge < -0.3 is 19.9 Å². The predicted molar refractivity (Wildman–Crippen MR) is 138 cm³/mol. The maximum absolute atomic E-state index is 13.1. The number of hydrogen-bond acceptors (Lipinski definition) is 6. The highest BCUT2D eigenvalue weighted by atomic mass is 16.5. The Bertz CT molecular complexity index is 987. The van der Waals surface area contributed by atoms with Gasteiger partial charge in [0, 0.05) is 6.61 Å². The molecular formula is C27H36N2O6. The van der Waals surface area contributed by atoms with Crippen LogP contribution < -0.4 is 14.8 Å². The van der Waals surface area contributed by atoms with Crippen molar-refractivity contribution in [3.05, 3.63) is 53.1 Å². The first-order valence-corrected chi connectivity index (χ1v) is 11.4. The molecule has 2 N–H and O–H groups in total. The first-order valence-electron chi connectivity index (χ1n) is 11.4. The zero-order chi connectivity index (χ0) is 27.0. The number of hydrogen-bond donors (Lipinski definition) is 2. The van der Waals surface area contributed by atoms with Crippen LogP contribution in [0.5, 0.6) is 11.5 Å². The Morgan fingerprint density at radius 1 is 1.06 bits per heavy atom. The second-order valence-electron chi connectivity index (χ2n) is 6.55. The quantitative estimate of drug-likeness (QED) is 0.320. The standard InChI is InChI=1S/C21H22N2O5.C2H6O.C2H6.C2H2/c1-4-16(13-9-10-17(27-3)18(11-13)28-5-2)23-20(25)14-7-6-8-15(22-12-24)19(14)21(23)26;1-2-3;2*1-2/h6-12,16H,4-5H2,1-3H3,(H,22,24);3H,2H2,1H3;1-2H3;1-2H/t16-;;;/m1.../s1. The van der Waals surface area contributed by atoms with Crippen molar-refractivity contribution < 1.29 is 29.0 Å². The molecule has 1 heterocycles. The number of terminal acetylenes is 1. The number of rotatable bonds is 8. The summed E-state index contributed by atoms with van der Waals surface area (Å²) in [6.45, 7) is 10.2. The van der Waals surface area contributed by atoms with Crippen LogP contribution in [0.2, 0.25) is 0 Å². The number of carbonyl (C=O) groups is 3. The van der Waals surface area contributed by atoms with Gasteiger partial charge in [-0.25, -0.2) is 0 Å². The number of fused-ring (bicyclic) bond motifs is 1. The molecule has 3 amide bonds. The van der Waals surface area contributed by atoms with Gasteiger partial charge in [0.2, 0.25) is 6.41 Å². The number of anilines is 1. The summed E-state index contributed by atoms with van der Waals surface area (Å²) in [6.07, 6.45) is 9.02. The zero-order valence-corrected chi connectivity index (χ0v) is 21.3. The number of carbonyl (C=O) groups excluding carboxylic acids is 3. The third-order valence-corrected chi connectivity index (χ3v) is 4.73. The van der Waals surface area contributed by atoms with E-state index in [1.807, 2.05) is 33.8 Å². The number of imide groups is 1. The van der Waals surface area contributed by atoms with Crippen molar-refractivity contribution in [3.63, 3.8) is 0 Å². The third kappa shape index (κ3) is 7.33. The highest BCUT2D eigenvalue weighted by Crippen LogP contribution is 2.38. The van der Waals surface area contributed by atoms with E-state index in [1.54, 1.807) is 44.4 Å². The van der Waals surface area contributed by atoms with Gasteiger partial charge in [-0.3, -0.25) is 19.3 Å². The molecule has 2 aromatic rings. The first kappa shape index (κ1) is 31.2. The van der Waals surface area contributed by atoms with Crippen LogP contribution in [0, 0.1) is 12.8 Å². The summed E-state index contributed by atoms with van der Waals surface area (Å²) in [4.78, 5) is 38.2. The number of nitrogens with zero attached hydrogens (tertiary/aromatic N) is 1. The van der Waals surface area contributed by atoms with Gasteiger partial charge in [0.1, 0.15) is 0 Å². The molecule has 3 rings (SSSR count). The number of benzene rings is 2. The molecule has 0 saturated carbocycles. The molecule has 0 radical (unpaired) electrons. The molecular weight excluding hydrogens is 448 g/mol. The second-order valence-corrected chi connectivity index (χ2v) is 6.55. The van der Waals surface area contributed by atoms with Crippen LogP contribution in [0.15, 0.2) is 36.4 Å². The summed E-state index contributed by atoms with van der Waals surface area (Å²) >= 11 is 0. The SMILES string of the molecule is C#C.CC.CCO.CCOc1cc([C@@H](CC)N2C(=O)c3cccc(NC=O)c3C2=O)ccc1OC. The predicted octanol–water partition coefficient (Wildman–Crippen LogP) is 4.68. The molecule has 0 bridgehead atoms. The Kier molecular flexibility index (Phi) is 14.9. The summed E-state index contributed by atoms with van der Waals surface area (Å²) in [7, 11) is 1.56. The molecule has 35 heavy (non-hydrogen) atoms. The van der Waals surface area contributed by atoms with E-state index in [0.717, 1.165) is 5.56 Å². The minimum absolute atomic E-state index is 0.219. The number of aliphatic hydroxyl groups is 1. The van der Waals surface area contributed by atoms with Gasteiger partial charge in [-0.2, -0.15) is 0 Å². The van der Waals surface area contributed by atoms with E-state index in [2.05, 4.69) is 18.2 Å². The second kappa shape index (κ2) is 16.7. The van der Waals surface area contributed by atoms with E-state index < -0.39 is 11.9 Å². The van der Waals surface area contributed by atoms with E-state index in [0.29, 0.717) is 36.6 Å². The third-order valence-electron chi connectivity index (χ3n) is 4.73. The average molecular weight is 485 g/mol. The lowest BCUT2D eigenvalue weighted by Crippen LogP contribution is -2.34. The number of methoxy groups -OCH3 is 1. The number of aliphatic hydroxyl groups excluding tert-OH is 1. The minimum Gasteiger partial charge on any atom is -0.493 e. The molecule has 8 heteroatoms. The molecule has 0 unspecified atom stereocenters. The van der Waals surface area contributed by atoms with Crippen LogP contribution in [0.25, 0.3) is 0 Å². The molecule has 0 fully saturated rings. The summed E-state index contributed by atoms with van der Waals surface area (Å²) in [5.41, 5.74) is 1.60. The largest absolute Gasteiger partial charge is 0.493 e. The van der Waals surface area contributed by atoms with Crippen molar-refractivity contribution in [2.75, 3.05) is 25.6 Å². The van der Waals surface area contributed by atoms with Crippen molar-refractivity contribution in [1.82, 2.24) is 4.90 Å². The molecule has 8 nitrogen and oxygen atoms in total. The highest BCUT2D eigenvalue weighted by molar-refractivity contribution is 6.24. The van der Waals surface area contributed by atoms with Gasteiger partial charge in [-0.1, -0.05) is 32.9 Å². The van der Waals surface area contributed by atoms with Gasteiger partial charge in [-0.05, 0) is 50.1 Å². The lowest BCUT2D eigenvalue weighted by molar-refractivity contribution is -0.105. The van der Waals surface area contributed by atoms with Crippen LogP contribution >= 0.6 is 0 Å². The summed E-state index contributed by atoms with van der Waals surface area (Å²) in [5.74, 6) is 0.335. The van der Waals surface area contributed by atoms with Crippen molar-refractivity contribution in [3.8, 4) is 24.3 Å². The van der Waals surface area contributed by atoms with Crippen molar-refractivity contribution in [2.45, 2.75) is 47.1 Å². The van der Waals surface area contributed by atoms with E-state index >= 15 is 0 Å². The van der Waals surface area contributed by atoms with Crippen LogP contribution in [0.4, 0.5) is 5.69 Å². The van der Waals surface area contributed by atoms with Crippen LogP contribution in [0.1, 0.15) is 73.4 Å². The van der Waals surface area contributed by atoms with E-state index in [9.17, 15) is 14.4 Å². The number of ether oxygens (including phenoxy) is 2. The Morgan fingerprint density at radius 3 is 2.20 bits per heavy atom. The summed E-state index contributed by atoms with van der Waals surface area (Å²) in [6, 6.07) is 9.75. The monoisotopic (exact) mass is 484 g/mol. The Hall–Kier alpha value is -3.83. The molecule has 0 spiro atoms. The van der Waals surface area contributed by atoms with Gasteiger partial charge in [-0.15, -0.1) is 12.8 Å². The van der Waals surface area contributed by atoms with E-state index in [1.165, 1.54) is 4.90 Å². The highest BCUT2D eigenvalue weighted by Gasteiger charge is 2.41. The van der Waals surface area contributed by atoms with Crippen molar-refractivity contribution >= 4 is 23.9 Å². The van der Waals surface area contributed by atoms with Gasteiger partial charge in [0.15, 0.2) is 11.5 Å². The molecule has 0 saturated heterocycles. The molecule has 1 aliphatic rings. The maximum Gasteiger partial charge on any atom is 0.264 e. The topological polar surface area (TPSA) is 105 Å². The minimum atomic E-state index is -0.471. The van der Waals surface area contributed by atoms with Crippen LogP contribution in [0.3, 0.4) is 0 Å². The zero-order valence-electron chi connectivity index (χ0n) is 21.3. The fourth-order valence-electron chi connectivity index (χ4n) is 3.51. The Balaban J connectivity index is 0.00000150. The molecule has 190 valence electrons. The molecule has 1 aliphatic heterocycles. The fraction of sp³-hybridized carbons (Fsp3) is 0.370. The normalized spacial score (nSPS) is 11.9. The maximum atomic E-state index is 13.1. The Morgan fingerprint density at radius 2 is 1.69 bits per heavy atom. The van der Waals surface area contributed by atoms with Gasteiger partial charge in [0.25, 0.3) is 11.8 Å². The van der Waals surface area contributed by atoms with Crippen LogP contribution in [-0.2, 0) is 4.79 Å². The Labute approximate surface area is 208 Å². The van der Waals surface area contributed by atoms with Crippen LogP contribution in [-0.4, -0.2) is 48.6 Å². The molecule has 1 atom stereocenters. The first-order chi connectivity index (χ1) is 17.0. The number of amides is 3. The lowest BCUT2D eigenvalue weighted by Gasteiger charge is -2.26. The summed E-state index contributed by atoms with van der Waals surface area (Å²) in [5, 5.41) is 10.1. The lowest BCUT2D eigenvalue weighted by atomic mass is 10.0. The van der Waals surface area contributed by atoms with Crippen molar-refractivity contribution in [1.29, 1.82) is 0 Å². The molecule has 2 aromatic carbocycles. The average Bonchev–Trinajstić information content (AvgIpc) is 3.14. The molecule has 0 aliphatic carbocycles. The van der Waals surface area contributed by atoms with Gasteiger partial charge in [0.05, 0.1) is 36.6 Å². The van der Waals surface area contributed by atoms with Crippen molar-refractivity contribution in [2.24, 2.45) is 0 Å². The van der Waals surface area contributed by atoms with E-state index in [4.69, 9.17) is 14.6 Å². The van der Waals surface area contributed by atoms with E-state index in [-0.39, 0.29) is 23.6 Å².